The maximum atomic E-state index is 4.52. The molecule has 0 saturated heterocycles. The number of aryl methyl sites for hydroxylation is 1. The lowest BCUT2D eigenvalue weighted by Crippen LogP contribution is -2.24. The number of nitrogens with zero attached hydrogens (tertiary/aromatic N) is 2. The van der Waals surface area contributed by atoms with Gasteiger partial charge in [-0.3, -0.25) is 4.68 Å². The molecule has 3 nitrogen and oxygen atoms in total. The smallest absolute Gasteiger partial charge is 0.0537 e. The number of rotatable bonds is 8. The lowest BCUT2D eigenvalue weighted by molar-refractivity contribution is 0.356. The maximum absolute atomic E-state index is 4.52. The molecule has 0 aromatic carbocycles. The Hall–Kier alpha value is -0.830. The average Bonchev–Trinajstić information content (AvgIpc) is 2.80. The minimum absolute atomic E-state index is 0.499. The maximum Gasteiger partial charge on any atom is 0.0537 e. The Morgan fingerprint density at radius 1 is 1.19 bits per heavy atom. The van der Waals surface area contributed by atoms with E-state index in [4.69, 9.17) is 0 Å². The van der Waals surface area contributed by atoms with Gasteiger partial charge in [0.15, 0.2) is 0 Å². The van der Waals surface area contributed by atoms with Crippen LogP contribution >= 0.6 is 0 Å². The zero-order valence-electron chi connectivity index (χ0n) is 14.0. The van der Waals surface area contributed by atoms with E-state index in [1.165, 1.54) is 56.9 Å². The molecule has 1 saturated carbocycles. The molecule has 1 fully saturated rings. The van der Waals surface area contributed by atoms with Crippen LogP contribution in [-0.2, 0) is 6.54 Å². The fraction of sp³-hybridized carbons (Fsp3) is 0.833. The molecule has 3 heteroatoms. The predicted octanol–water partition coefficient (Wildman–Crippen LogP) is 4.69. The van der Waals surface area contributed by atoms with E-state index in [0.29, 0.717) is 6.04 Å². The first-order valence-electron chi connectivity index (χ1n) is 9.09. The number of hydrogen-bond acceptors (Lipinski definition) is 2. The van der Waals surface area contributed by atoms with Crippen molar-refractivity contribution in [3.05, 3.63) is 18.0 Å². The number of aromatic nitrogens is 2. The van der Waals surface area contributed by atoms with Crippen molar-refractivity contribution in [3.8, 4) is 0 Å². The molecule has 1 N–H and O–H groups in total. The molecule has 0 aliphatic heterocycles. The average molecular weight is 291 g/mol. The third-order valence-corrected chi connectivity index (χ3v) is 4.69. The fourth-order valence-electron chi connectivity index (χ4n) is 3.50. The molecule has 1 heterocycles. The molecule has 1 aromatic heterocycles. The van der Waals surface area contributed by atoms with Crippen LogP contribution in [0.3, 0.4) is 0 Å². The zero-order valence-corrected chi connectivity index (χ0v) is 14.0. The Morgan fingerprint density at radius 2 is 1.95 bits per heavy atom. The van der Waals surface area contributed by atoms with Crippen LogP contribution in [0.15, 0.2) is 12.4 Å². The number of nitrogens with one attached hydrogen (secondary N) is 1. The molecule has 2 rings (SSSR count). The highest BCUT2D eigenvalue weighted by Crippen LogP contribution is 2.31. The van der Waals surface area contributed by atoms with E-state index in [2.05, 4.69) is 41.3 Å². The summed E-state index contributed by atoms with van der Waals surface area (Å²) in [5.41, 5.74) is 1.39. The van der Waals surface area contributed by atoms with Gasteiger partial charge in [0.05, 0.1) is 6.20 Å². The van der Waals surface area contributed by atoms with Crippen molar-refractivity contribution < 1.29 is 0 Å². The molecule has 0 bridgehead atoms. The van der Waals surface area contributed by atoms with Crippen LogP contribution in [-0.4, -0.2) is 16.3 Å². The monoisotopic (exact) mass is 291 g/mol. The Kier molecular flexibility index (Phi) is 7.28. The van der Waals surface area contributed by atoms with Gasteiger partial charge in [-0.15, -0.1) is 0 Å². The molecule has 0 radical (unpaired) electrons. The molecule has 1 unspecified atom stereocenters. The molecule has 1 aromatic rings. The van der Waals surface area contributed by atoms with Gasteiger partial charge in [-0.1, -0.05) is 52.4 Å². The van der Waals surface area contributed by atoms with Crippen molar-refractivity contribution in [3.63, 3.8) is 0 Å². The first-order chi connectivity index (χ1) is 10.3. The van der Waals surface area contributed by atoms with Crippen LogP contribution in [0.1, 0.15) is 83.2 Å². The van der Waals surface area contributed by atoms with Gasteiger partial charge >= 0.3 is 0 Å². The second kappa shape index (κ2) is 9.24. The summed E-state index contributed by atoms with van der Waals surface area (Å²) in [5, 5.41) is 8.28. The number of hydrogen-bond donors (Lipinski definition) is 1. The Bertz CT molecular complexity index is 378. The highest BCUT2D eigenvalue weighted by atomic mass is 15.3. The standard InChI is InChI=1S/C18H33N3/c1-3-11-19-18(13-16-9-7-5-6-8-10-16)17-14-20-21(15-17)12-4-2/h14-16,18-19H,3-13H2,1-2H3. The molecular formula is C18H33N3. The van der Waals surface area contributed by atoms with E-state index >= 15 is 0 Å². The van der Waals surface area contributed by atoms with Gasteiger partial charge < -0.3 is 5.32 Å². The topological polar surface area (TPSA) is 29.9 Å². The van der Waals surface area contributed by atoms with Crippen LogP contribution in [0.4, 0.5) is 0 Å². The van der Waals surface area contributed by atoms with E-state index < -0.39 is 0 Å². The normalized spacial score (nSPS) is 18.6. The van der Waals surface area contributed by atoms with Crippen molar-refractivity contribution >= 4 is 0 Å². The van der Waals surface area contributed by atoms with Crippen molar-refractivity contribution in [2.45, 2.75) is 84.2 Å². The van der Waals surface area contributed by atoms with E-state index in [1.54, 1.807) is 0 Å². The first kappa shape index (κ1) is 16.5. The summed E-state index contributed by atoms with van der Waals surface area (Å²) in [6.07, 6.45) is 16.6. The van der Waals surface area contributed by atoms with Crippen molar-refractivity contribution in [1.82, 2.24) is 15.1 Å². The van der Waals surface area contributed by atoms with E-state index in [-0.39, 0.29) is 0 Å². The van der Waals surface area contributed by atoms with Crippen molar-refractivity contribution in [1.29, 1.82) is 0 Å². The summed E-state index contributed by atoms with van der Waals surface area (Å²) < 4.78 is 2.10. The van der Waals surface area contributed by atoms with Gasteiger partial charge in [0.25, 0.3) is 0 Å². The molecule has 0 spiro atoms. The van der Waals surface area contributed by atoms with Crippen LogP contribution in [0.2, 0.25) is 0 Å². The van der Waals surface area contributed by atoms with E-state index in [0.717, 1.165) is 25.4 Å². The third kappa shape index (κ3) is 5.46. The molecule has 21 heavy (non-hydrogen) atoms. The molecule has 1 aliphatic rings. The molecule has 1 atom stereocenters. The molecule has 1 aliphatic carbocycles. The second-order valence-corrected chi connectivity index (χ2v) is 6.64. The SMILES string of the molecule is CCCNC(CC1CCCCCC1)c1cnn(CCC)c1. The largest absolute Gasteiger partial charge is 0.310 e. The summed E-state index contributed by atoms with van der Waals surface area (Å²) in [4.78, 5) is 0. The second-order valence-electron chi connectivity index (χ2n) is 6.64. The summed E-state index contributed by atoms with van der Waals surface area (Å²) in [7, 11) is 0. The predicted molar refractivity (Wildman–Crippen MR) is 89.4 cm³/mol. The van der Waals surface area contributed by atoms with Crippen LogP contribution in [0.5, 0.6) is 0 Å². The van der Waals surface area contributed by atoms with Gasteiger partial charge in [0.2, 0.25) is 0 Å². The Morgan fingerprint density at radius 3 is 2.62 bits per heavy atom. The molecule has 0 amide bonds. The summed E-state index contributed by atoms with van der Waals surface area (Å²) >= 11 is 0. The van der Waals surface area contributed by atoms with E-state index in [1.807, 2.05) is 0 Å². The summed E-state index contributed by atoms with van der Waals surface area (Å²) in [5.74, 6) is 0.899. The Labute approximate surface area is 130 Å². The minimum Gasteiger partial charge on any atom is -0.310 e. The molecule has 120 valence electrons. The van der Waals surface area contributed by atoms with E-state index in [9.17, 15) is 0 Å². The van der Waals surface area contributed by atoms with Gasteiger partial charge in [-0.05, 0) is 31.7 Å². The van der Waals surface area contributed by atoms with Crippen LogP contribution in [0.25, 0.3) is 0 Å². The quantitative estimate of drug-likeness (QED) is 0.704. The third-order valence-electron chi connectivity index (χ3n) is 4.69. The highest BCUT2D eigenvalue weighted by molar-refractivity contribution is 5.10. The van der Waals surface area contributed by atoms with Gasteiger partial charge in [-0.2, -0.15) is 5.10 Å². The van der Waals surface area contributed by atoms with Crippen molar-refractivity contribution in [2.75, 3.05) is 6.54 Å². The van der Waals surface area contributed by atoms with Gasteiger partial charge in [0, 0.05) is 24.3 Å². The van der Waals surface area contributed by atoms with Crippen LogP contribution in [0, 0.1) is 5.92 Å². The lowest BCUT2D eigenvalue weighted by Gasteiger charge is -2.23. The van der Waals surface area contributed by atoms with Crippen molar-refractivity contribution in [2.24, 2.45) is 5.92 Å². The first-order valence-corrected chi connectivity index (χ1v) is 9.09. The molecular weight excluding hydrogens is 258 g/mol. The van der Waals surface area contributed by atoms with Gasteiger partial charge in [-0.25, -0.2) is 0 Å². The Balaban J connectivity index is 1.97. The summed E-state index contributed by atoms with van der Waals surface area (Å²) in [6.45, 7) is 6.59. The highest BCUT2D eigenvalue weighted by Gasteiger charge is 2.20. The summed E-state index contributed by atoms with van der Waals surface area (Å²) in [6, 6.07) is 0.499. The lowest BCUT2D eigenvalue weighted by atomic mass is 9.90. The van der Waals surface area contributed by atoms with Crippen LogP contribution < -0.4 is 5.32 Å². The van der Waals surface area contributed by atoms with Gasteiger partial charge in [0.1, 0.15) is 0 Å². The zero-order chi connectivity index (χ0) is 14.9. The fourth-order valence-corrected chi connectivity index (χ4v) is 3.50. The minimum atomic E-state index is 0.499.